The van der Waals surface area contributed by atoms with Crippen LogP contribution in [0.2, 0.25) is 5.02 Å². The van der Waals surface area contributed by atoms with Crippen LogP contribution < -0.4 is 10.2 Å². The van der Waals surface area contributed by atoms with Gasteiger partial charge in [-0.1, -0.05) is 339 Å². The Morgan fingerprint density at radius 1 is 0.192 bits per heavy atom. The highest BCUT2D eigenvalue weighted by atomic mass is 35.5. The summed E-state index contributed by atoms with van der Waals surface area (Å²) in [4.78, 5) is 20.4. The highest BCUT2D eigenvalue weighted by Gasteiger charge is 2.19. The maximum Gasteiger partial charge on any atom is 0.116 e. The Bertz CT molecular complexity index is 7450. The molecule has 0 saturated carbocycles. The van der Waals surface area contributed by atoms with Crippen molar-refractivity contribution >= 4 is 83.6 Å². The molecular weight excluding hydrogens is 1540 g/mol. The molecular formula is C116H81ClN8. The maximum absolute atomic E-state index is 5.96. The van der Waals surface area contributed by atoms with Crippen molar-refractivity contribution in [1.29, 1.82) is 0 Å². The van der Waals surface area contributed by atoms with Gasteiger partial charge in [0.05, 0.1) is 44.8 Å². The van der Waals surface area contributed by atoms with Crippen LogP contribution in [0.3, 0.4) is 0 Å². The summed E-state index contributed by atoms with van der Waals surface area (Å²) in [5.41, 5.74) is 34.6. The van der Waals surface area contributed by atoms with Crippen molar-refractivity contribution < 1.29 is 0 Å². The normalized spacial score (nSPS) is 11.1. The van der Waals surface area contributed by atoms with Gasteiger partial charge in [0.2, 0.25) is 0 Å². The zero-order valence-corrected chi connectivity index (χ0v) is 69.0. The molecule has 22 aromatic rings. The molecule has 18 aromatic carbocycles. The second-order valence-electron chi connectivity index (χ2n) is 30.8. The van der Waals surface area contributed by atoms with E-state index in [0.29, 0.717) is 0 Å². The van der Waals surface area contributed by atoms with Gasteiger partial charge in [-0.05, 0) is 212 Å². The van der Waals surface area contributed by atoms with Crippen LogP contribution in [-0.4, -0.2) is 29.1 Å². The summed E-state index contributed by atoms with van der Waals surface area (Å²) in [5.74, 6) is 0. The van der Waals surface area contributed by atoms with Gasteiger partial charge in [-0.15, -0.1) is 0 Å². The Morgan fingerprint density at radius 3 is 0.752 bits per heavy atom. The number of nitrogens with zero attached hydrogens (tertiary/aromatic N) is 7. The third kappa shape index (κ3) is 16.8. The molecule has 0 fully saturated rings. The standard InChI is InChI=1S/C58H40N4.C36H26N2.C22H15ClN2/c1-4-12-41(13-5-1)43-20-22-46(23-21-43)55-39-56(60-40-59-55)47-28-35-52(36-29-47)61(50-31-24-44(25-32-50)42-14-6-2-7-15-42)51-33-26-45(27-34-51)48-30-37-58-54(38-48)53-18-10-11-19-57(53)62(58)49-16-8-3-9-17-49;1-3-9-26(10-4-1)27-15-20-30(21-16-27)37-31-22-17-28(18-23-31)29-19-24-36-34(25-29)33-13-7-8-14-35(33)38(36)32-11-5-2-6-12-32;23-20-12-10-19(11-13-20)22-14-21(24-15-25-22)18-8-6-17(7-9-18)16-4-2-1-3-5-16/h1-40H;1-25,37H;1-15H. The van der Waals surface area contributed by atoms with E-state index in [1.807, 2.05) is 60.7 Å². The first-order valence-electron chi connectivity index (χ1n) is 41.9. The zero-order valence-electron chi connectivity index (χ0n) is 68.2. The average molecular weight is 1620 g/mol. The van der Waals surface area contributed by atoms with Crippen molar-refractivity contribution in [2.75, 3.05) is 10.2 Å². The van der Waals surface area contributed by atoms with Crippen LogP contribution in [0.1, 0.15) is 0 Å². The van der Waals surface area contributed by atoms with Crippen molar-refractivity contribution in [3.63, 3.8) is 0 Å². The molecule has 0 radical (unpaired) electrons. The van der Waals surface area contributed by atoms with Crippen LogP contribution in [-0.2, 0) is 0 Å². The second-order valence-corrected chi connectivity index (χ2v) is 31.2. The average Bonchev–Trinajstić information content (AvgIpc) is 1.60. The number of nitrogens with one attached hydrogen (secondary N) is 1. The molecule has 0 saturated heterocycles. The highest BCUT2D eigenvalue weighted by Crippen LogP contribution is 2.42. The predicted molar refractivity (Wildman–Crippen MR) is 523 cm³/mol. The van der Waals surface area contributed by atoms with Gasteiger partial charge in [-0.3, -0.25) is 0 Å². The number of anilines is 5. The summed E-state index contributed by atoms with van der Waals surface area (Å²) >= 11 is 5.96. The van der Waals surface area contributed by atoms with Crippen molar-refractivity contribution in [2.45, 2.75) is 0 Å². The molecule has 4 aromatic heterocycles. The molecule has 4 heterocycles. The second kappa shape index (κ2) is 35.5. The lowest BCUT2D eigenvalue weighted by Gasteiger charge is -2.26. The number of rotatable bonds is 17. The van der Waals surface area contributed by atoms with Gasteiger partial charge in [0, 0.05) is 88.6 Å². The van der Waals surface area contributed by atoms with Gasteiger partial charge in [0.1, 0.15) is 12.7 Å². The first kappa shape index (κ1) is 77.2. The molecule has 1 N–H and O–H groups in total. The van der Waals surface area contributed by atoms with Crippen LogP contribution >= 0.6 is 11.6 Å². The van der Waals surface area contributed by atoms with E-state index in [1.54, 1.807) is 12.7 Å². The van der Waals surface area contributed by atoms with Gasteiger partial charge in [0.25, 0.3) is 0 Å². The molecule has 0 amide bonds. The van der Waals surface area contributed by atoms with Crippen molar-refractivity contribution in [1.82, 2.24) is 29.1 Å². The van der Waals surface area contributed by atoms with Crippen molar-refractivity contribution in [2.24, 2.45) is 0 Å². The summed E-state index contributed by atoms with van der Waals surface area (Å²) in [5, 5.41) is 9.27. The number of fused-ring (bicyclic) bond motifs is 6. The van der Waals surface area contributed by atoms with Crippen LogP contribution in [0, 0.1) is 0 Å². The molecule has 9 heteroatoms. The van der Waals surface area contributed by atoms with E-state index < -0.39 is 0 Å². The van der Waals surface area contributed by atoms with Gasteiger partial charge >= 0.3 is 0 Å². The summed E-state index contributed by atoms with van der Waals surface area (Å²) in [6.07, 6.45) is 3.26. The molecule has 0 aliphatic carbocycles. The van der Waals surface area contributed by atoms with Gasteiger partial charge < -0.3 is 19.4 Å². The third-order valence-electron chi connectivity index (χ3n) is 23.0. The summed E-state index contributed by atoms with van der Waals surface area (Å²) in [7, 11) is 0. The Kier molecular flexibility index (Phi) is 21.9. The summed E-state index contributed by atoms with van der Waals surface area (Å²) < 4.78 is 4.71. The van der Waals surface area contributed by atoms with Gasteiger partial charge in [0.15, 0.2) is 0 Å². The fraction of sp³-hybridized carbons (Fsp3) is 0. The largest absolute Gasteiger partial charge is 0.356 e. The molecule has 0 bridgehead atoms. The van der Waals surface area contributed by atoms with Crippen LogP contribution in [0.5, 0.6) is 0 Å². The lowest BCUT2D eigenvalue weighted by Crippen LogP contribution is -2.09. The Labute approximate surface area is 731 Å². The summed E-state index contributed by atoms with van der Waals surface area (Å²) in [6.45, 7) is 0. The lowest BCUT2D eigenvalue weighted by atomic mass is 10.0. The minimum absolute atomic E-state index is 0.717. The Hall–Kier alpha value is -16.4. The number of benzene rings is 18. The number of halogens is 1. The molecule has 0 aliphatic heterocycles. The topological polar surface area (TPSA) is 76.7 Å². The number of aromatic nitrogens is 6. The monoisotopic (exact) mass is 1620 g/mol. The van der Waals surface area contributed by atoms with Crippen molar-refractivity contribution in [3.8, 4) is 123 Å². The minimum Gasteiger partial charge on any atom is -0.356 e. The Balaban J connectivity index is 0.000000132. The number of para-hydroxylation sites is 4. The molecule has 0 aliphatic rings. The molecule has 125 heavy (non-hydrogen) atoms. The smallest absolute Gasteiger partial charge is 0.116 e. The first-order chi connectivity index (χ1) is 61.9. The van der Waals surface area contributed by atoms with Crippen LogP contribution in [0.4, 0.5) is 28.4 Å². The van der Waals surface area contributed by atoms with Crippen LogP contribution in [0.15, 0.2) is 486 Å². The third-order valence-corrected chi connectivity index (χ3v) is 23.3. The fourth-order valence-corrected chi connectivity index (χ4v) is 16.8. The predicted octanol–water partition coefficient (Wildman–Crippen LogP) is 31.4. The highest BCUT2D eigenvalue weighted by molar-refractivity contribution is 6.30. The van der Waals surface area contributed by atoms with E-state index in [9.17, 15) is 0 Å². The fourth-order valence-electron chi connectivity index (χ4n) is 16.7. The van der Waals surface area contributed by atoms with E-state index in [4.69, 9.17) is 16.6 Å². The van der Waals surface area contributed by atoms with Crippen LogP contribution in [0.25, 0.3) is 167 Å². The SMILES string of the molecule is Clc1ccc(-c2cc(-c3ccc(-c4ccccc4)cc3)ncn2)cc1.c1ccc(-c2ccc(-c3cc(-c4ccc(N(c5ccc(-c6ccccc6)cc5)c5ccc(-c6ccc7c(c6)c6ccccc6n7-c6ccccc6)cc5)cc4)ncn3)cc2)cc1.c1ccc(-c2ccc(Nc3ccc(-c4ccc5c(c4)c4ccccc4n5-c4ccccc4)cc3)cc2)cc1. The van der Waals surface area contributed by atoms with Gasteiger partial charge in [-0.2, -0.15) is 0 Å². The molecule has 8 nitrogen and oxygen atoms in total. The first-order valence-corrected chi connectivity index (χ1v) is 42.3. The van der Waals surface area contributed by atoms with Gasteiger partial charge in [-0.25, -0.2) is 19.9 Å². The minimum atomic E-state index is 0.717. The molecule has 22 rings (SSSR count). The zero-order chi connectivity index (χ0) is 83.6. The maximum atomic E-state index is 5.96. The molecule has 592 valence electrons. The molecule has 0 atom stereocenters. The summed E-state index contributed by atoms with van der Waals surface area (Å²) in [6, 6.07) is 166. The quantitative estimate of drug-likeness (QED) is 0.0979. The molecule has 0 spiro atoms. The number of hydrogen-bond acceptors (Lipinski definition) is 6. The lowest BCUT2D eigenvalue weighted by molar-refractivity contribution is 1.17. The Morgan fingerprint density at radius 2 is 0.424 bits per heavy atom. The molecule has 0 unspecified atom stereocenters. The van der Waals surface area contributed by atoms with E-state index in [0.717, 1.165) is 89.7 Å². The van der Waals surface area contributed by atoms with E-state index in [1.165, 1.54) is 110 Å². The van der Waals surface area contributed by atoms with E-state index >= 15 is 0 Å². The van der Waals surface area contributed by atoms with Crippen molar-refractivity contribution in [3.05, 3.63) is 491 Å². The van der Waals surface area contributed by atoms with E-state index in [-0.39, 0.29) is 0 Å². The van der Waals surface area contributed by atoms with E-state index in [2.05, 4.69) is 447 Å². The number of hydrogen-bond donors (Lipinski definition) is 1.